The van der Waals surface area contributed by atoms with Gasteiger partial charge in [-0.05, 0) is 64.2 Å². The molecule has 0 fully saturated rings. The molecule has 35 heavy (non-hydrogen) atoms. The van der Waals surface area contributed by atoms with E-state index in [1.165, 1.54) is 14.2 Å². The number of rotatable bonds is 15. The third-order valence-corrected chi connectivity index (χ3v) is 12.8. The molecule has 0 N–H and O–H groups in total. The van der Waals surface area contributed by atoms with Gasteiger partial charge < -0.3 is 18.2 Å². The van der Waals surface area contributed by atoms with Crippen LogP contribution in [-0.4, -0.2) is 47.5 Å². The van der Waals surface area contributed by atoms with Crippen molar-refractivity contribution in [1.29, 1.82) is 0 Å². The molecule has 0 amide bonds. The first-order chi connectivity index (χ1) is 16.1. The lowest BCUT2D eigenvalue weighted by Gasteiger charge is -2.36. The Morgan fingerprint density at radius 1 is 1.03 bits per heavy atom. The van der Waals surface area contributed by atoms with Gasteiger partial charge in [0, 0.05) is 32.3 Å². The van der Waals surface area contributed by atoms with E-state index in [-0.39, 0.29) is 22.1 Å². The number of hydrogen-bond acceptors (Lipinski definition) is 7. The fourth-order valence-corrected chi connectivity index (χ4v) is 5.37. The van der Waals surface area contributed by atoms with E-state index in [9.17, 15) is 14.2 Å². The van der Waals surface area contributed by atoms with E-state index in [0.29, 0.717) is 38.0 Å². The maximum absolute atomic E-state index is 13.3. The van der Waals surface area contributed by atoms with Crippen LogP contribution >= 0.6 is 7.60 Å². The molecule has 0 rings (SSSR count). The number of Topliss-reactive ketones (excluding diaryl/α,β-unsaturated/α-hetero) is 1. The minimum atomic E-state index is -3.76. The number of esters is 1. The molecule has 0 heterocycles. The van der Waals surface area contributed by atoms with Gasteiger partial charge in [-0.1, -0.05) is 45.4 Å². The largest absolute Gasteiger partial charge is 0.463 e. The Kier molecular flexibility index (Phi) is 14.5. The highest BCUT2D eigenvalue weighted by atomic mass is 31.2. The SMILES string of the molecule is CCOC(=O)/C(C)=C/CC[C@H](C)C(=O)/C(=C\C(C)=C\CCO[Si](C)(C)C(C)(C)C)P(=O)(OC)OC. The van der Waals surface area contributed by atoms with Crippen LogP contribution in [0.1, 0.15) is 67.7 Å². The van der Waals surface area contributed by atoms with Gasteiger partial charge in [-0.15, -0.1) is 0 Å². The third-order valence-electron chi connectivity index (χ3n) is 6.34. The molecule has 202 valence electrons. The molecule has 0 saturated heterocycles. The molecule has 1 atom stereocenters. The van der Waals surface area contributed by atoms with Gasteiger partial charge in [-0.3, -0.25) is 9.36 Å². The van der Waals surface area contributed by atoms with Crippen molar-refractivity contribution in [2.75, 3.05) is 27.4 Å². The van der Waals surface area contributed by atoms with E-state index in [1.807, 2.05) is 13.0 Å². The molecule has 0 aromatic rings. The van der Waals surface area contributed by atoms with Gasteiger partial charge >= 0.3 is 13.6 Å². The lowest BCUT2D eigenvalue weighted by molar-refractivity contribution is -0.138. The number of carbonyl (C=O) groups is 2. The molecule has 0 aromatic carbocycles. The topological polar surface area (TPSA) is 88.1 Å². The summed E-state index contributed by atoms with van der Waals surface area (Å²) in [5, 5.41) is 0.162. The van der Waals surface area contributed by atoms with Crippen LogP contribution in [0.2, 0.25) is 18.1 Å². The Morgan fingerprint density at radius 2 is 1.60 bits per heavy atom. The van der Waals surface area contributed by atoms with E-state index in [4.69, 9.17) is 18.2 Å². The number of hydrogen-bond donors (Lipinski definition) is 0. The van der Waals surface area contributed by atoms with Crippen molar-refractivity contribution < 1.29 is 32.4 Å². The average Bonchev–Trinajstić information content (AvgIpc) is 2.78. The Balaban J connectivity index is 5.53. The van der Waals surface area contributed by atoms with Gasteiger partial charge in [0.15, 0.2) is 14.1 Å². The van der Waals surface area contributed by atoms with Crippen molar-refractivity contribution in [3.8, 4) is 0 Å². The fourth-order valence-electron chi connectivity index (χ4n) is 2.91. The molecule has 7 nitrogen and oxygen atoms in total. The second-order valence-electron chi connectivity index (χ2n) is 10.2. The normalized spacial score (nSPS) is 15.2. The van der Waals surface area contributed by atoms with Crippen LogP contribution in [0.25, 0.3) is 0 Å². The summed E-state index contributed by atoms with van der Waals surface area (Å²) >= 11 is 0. The predicted molar refractivity (Wildman–Crippen MR) is 145 cm³/mol. The summed E-state index contributed by atoms with van der Waals surface area (Å²) < 4.78 is 34.7. The van der Waals surface area contributed by atoms with Gasteiger partial charge in [-0.2, -0.15) is 0 Å². The number of allylic oxidation sites excluding steroid dienone is 4. The minimum absolute atomic E-state index is 0.0279. The fraction of sp³-hybridized carbons (Fsp3) is 0.692. The van der Waals surface area contributed by atoms with Crippen LogP contribution in [0, 0.1) is 5.92 Å². The first-order valence-corrected chi connectivity index (χ1v) is 16.6. The number of ketones is 1. The Bertz CT molecular complexity index is 842. The summed E-state index contributed by atoms with van der Waals surface area (Å²) in [7, 11) is -3.05. The summed E-state index contributed by atoms with van der Waals surface area (Å²) in [6.07, 6.45) is 6.97. The predicted octanol–water partition coefficient (Wildman–Crippen LogP) is 7.21. The zero-order chi connectivity index (χ0) is 27.4. The lowest BCUT2D eigenvalue weighted by Crippen LogP contribution is -2.40. The number of carbonyl (C=O) groups excluding carboxylic acids is 2. The molecule has 0 bridgehead atoms. The Labute approximate surface area is 214 Å². The molecule has 0 aliphatic heterocycles. The zero-order valence-electron chi connectivity index (χ0n) is 23.6. The molecule has 0 aromatic heterocycles. The van der Waals surface area contributed by atoms with E-state index in [0.717, 1.165) is 5.57 Å². The van der Waals surface area contributed by atoms with Crippen LogP contribution in [0.4, 0.5) is 0 Å². The summed E-state index contributed by atoms with van der Waals surface area (Å²) in [6.45, 7) is 19.0. The van der Waals surface area contributed by atoms with Crippen LogP contribution in [-0.2, 0) is 32.4 Å². The molecule has 0 unspecified atom stereocenters. The first kappa shape index (κ1) is 33.7. The number of ether oxygens (including phenoxy) is 1. The van der Waals surface area contributed by atoms with Gasteiger partial charge in [-0.25, -0.2) is 4.79 Å². The molecular weight excluding hydrogens is 483 g/mol. The molecule has 0 radical (unpaired) electrons. The van der Waals surface area contributed by atoms with E-state index >= 15 is 0 Å². The highest BCUT2D eigenvalue weighted by Gasteiger charge is 2.37. The smallest absolute Gasteiger partial charge is 0.364 e. The van der Waals surface area contributed by atoms with Crippen molar-refractivity contribution >= 4 is 27.7 Å². The monoisotopic (exact) mass is 530 g/mol. The summed E-state index contributed by atoms with van der Waals surface area (Å²) in [6, 6.07) is 0. The van der Waals surface area contributed by atoms with E-state index in [2.05, 4.69) is 33.9 Å². The highest BCUT2D eigenvalue weighted by Crippen LogP contribution is 2.56. The highest BCUT2D eigenvalue weighted by molar-refractivity contribution is 7.60. The van der Waals surface area contributed by atoms with Crippen molar-refractivity contribution in [3.63, 3.8) is 0 Å². The molecule has 0 aliphatic carbocycles. The minimum Gasteiger partial charge on any atom is -0.463 e. The van der Waals surface area contributed by atoms with Crippen molar-refractivity contribution in [3.05, 3.63) is 34.7 Å². The molecule has 0 saturated carbocycles. The van der Waals surface area contributed by atoms with Crippen molar-refractivity contribution in [2.45, 2.75) is 85.9 Å². The van der Waals surface area contributed by atoms with E-state index < -0.39 is 21.8 Å². The van der Waals surface area contributed by atoms with Gasteiger partial charge in [0.2, 0.25) is 0 Å². The quantitative estimate of drug-likeness (QED) is 0.0552. The molecule has 9 heteroatoms. The van der Waals surface area contributed by atoms with Crippen molar-refractivity contribution in [1.82, 2.24) is 0 Å². The maximum Gasteiger partial charge on any atom is 0.364 e. The molecule has 0 spiro atoms. The third kappa shape index (κ3) is 11.1. The van der Waals surface area contributed by atoms with Gasteiger partial charge in [0.1, 0.15) is 5.31 Å². The second-order valence-corrected chi connectivity index (χ2v) is 17.2. The summed E-state index contributed by atoms with van der Waals surface area (Å²) in [4.78, 5) is 25.0. The Hall–Kier alpha value is -1.31. The van der Waals surface area contributed by atoms with Crippen LogP contribution in [0.15, 0.2) is 34.7 Å². The lowest BCUT2D eigenvalue weighted by atomic mass is 9.98. The van der Waals surface area contributed by atoms with Crippen LogP contribution in [0.5, 0.6) is 0 Å². The zero-order valence-corrected chi connectivity index (χ0v) is 25.5. The summed E-state index contributed by atoms with van der Waals surface area (Å²) in [5.74, 6) is -1.11. The van der Waals surface area contributed by atoms with Crippen molar-refractivity contribution in [2.24, 2.45) is 5.92 Å². The van der Waals surface area contributed by atoms with Gasteiger partial charge in [0.25, 0.3) is 0 Å². The van der Waals surface area contributed by atoms with Gasteiger partial charge in [0.05, 0.1) is 6.61 Å². The molecular formula is C26H47O7PSi. The average molecular weight is 531 g/mol. The molecule has 0 aliphatic rings. The second kappa shape index (κ2) is 15.1. The first-order valence-electron chi connectivity index (χ1n) is 12.2. The summed E-state index contributed by atoms with van der Waals surface area (Å²) in [5.41, 5.74) is 1.28. The maximum atomic E-state index is 13.3. The standard InChI is InChI=1S/C26H47O7PSi/c1-12-32-25(28)22(4)17-13-16-21(3)24(27)23(34(29,30-8)31-9)19-20(2)15-14-18-33-35(10,11)26(5,6)7/h15,17,19,21H,12-14,16,18H2,1-11H3/b20-15+,22-17+,23-19+/t21-/m0/s1. The van der Waals surface area contributed by atoms with E-state index in [1.54, 1.807) is 32.9 Å². The van der Waals surface area contributed by atoms with Crippen LogP contribution < -0.4 is 0 Å². The Morgan fingerprint density at radius 3 is 2.09 bits per heavy atom. The van der Waals surface area contributed by atoms with Crippen LogP contribution in [0.3, 0.4) is 0 Å².